The van der Waals surface area contributed by atoms with Gasteiger partial charge in [0.1, 0.15) is 24.3 Å². The van der Waals surface area contributed by atoms with Gasteiger partial charge in [0, 0.05) is 6.42 Å². The summed E-state index contributed by atoms with van der Waals surface area (Å²) in [6.07, 6.45) is 2.14. The van der Waals surface area contributed by atoms with Gasteiger partial charge in [-0.3, -0.25) is 4.57 Å². The van der Waals surface area contributed by atoms with Crippen molar-refractivity contribution in [1.82, 2.24) is 19.5 Å². The Morgan fingerprint density at radius 2 is 2.38 bits per heavy atom. The zero-order chi connectivity index (χ0) is 15.0. The monoisotopic (exact) mass is 292 g/mol. The van der Waals surface area contributed by atoms with Crippen LogP contribution in [0.4, 0.5) is 5.82 Å². The highest BCUT2D eigenvalue weighted by Crippen LogP contribution is 2.38. The summed E-state index contributed by atoms with van der Waals surface area (Å²) in [4.78, 5) is 26.2. The molecule has 1 saturated heterocycles. The van der Waals surface area contributed by atoms with E-state index in [0.717, 1.165) is 0 Å². The largest absolute Gasteiger partial charge is 0.394 e. The van der Waals surface area contributed by atoms with E-state index in [1.807, 2.05) is 0 Å². The summed E-state index contributed by atoms with van der Waals surface area (Å²) in [6.45, 7) is -0.322. The predicted molar refractivity (Wildman–Crippen MR) is 68.4 cm³/mol. The van der Waals surface area contributed by atoms with Gasteiger partial charge in [-0.2, -0.15) is 0 Å². The van der Waals surface area contributed by atoms with Gasteiger partial charge in [-0.15, -0.1) is 4.99 Å². The average Bonchev–Trinajstić information content (AvgIpc) is 3.03. The van der Waals surface area contributed by atoms with E-state index in [2.05, 4.69) is 19.9 Å². The van der Waals surface area contributed by atoms with Crippen molar-refractivity contribution in [3.8, 4) is 0 Å². The highest BCUT2D eigenvalue weighted by Gasteiger charge is 2.51. The lowest BCUT2D eigenvalue weighted by Gasteiger charge is -2.27. The minimum absolute atomic E-state index is 0.0991. The van der Waals surface area contributed by atoms with Crippen molar-refractivity contribution in [2.24, 2.45) is 4.99 Å². The van der Waals surface area contributed by atoms with E-state index in [1.165, 1.54) is 23.3 Å². The van der Waals surface area contributed by atoms with Crippen LogP contribution in [0.3, 0.4) is 0 Å². The van der Waals surface area contributed by atoms with Crippen molar-refractivity contribution in [2.75, 3.05) is 12.3 Å². The van der Waals surface area contributed by atoms with Crippen LogP contribution in [0.2, 0.25) is 0 Å². The molecule has 2 aromatic rings. The Bertz CT molecular complexity index is 727. The molecule has 0 amide bonds. The fourth-order valence-corrected chi connectivity index (χ4v) is 2.41. The Balaban J connectivity index is 2.21. The third-order valence-electron chi connectivity index (χ3n) is 3.38. The summed E-state index contributed by atoms with van der Waals surface area (Å²) < 4.78 is 6.82. The molecule has 0 bridgehead atoms. The Kier molecular flexibility index (Phi) is 3.15. The second-order valence-electron chi connectivity index (χ2n) is 4.58. The van der Waals surface area contributed by atoms with Crippen molar-refractivity contribution >= 4 is 23.1 Å². The van der Waals surface area contributed by atoms with Crippen molar-refractivity contribution < 1.29 is 19.7 Å². The first-order chi connectivity index (χ1) is 10.1. The van der Waals surface area contributed by atoms with Gasteiger partial charge >= 0.3 is 0 Å². The minimum atomic E-state index is -1.77. The molecule has 4 N–H and O–H groups in total. The van der Waals surface area contributed by atoms with Crippen LogP contribution >= 0.6 is 0 Å². The molecule has 1 fully saturated rings. The number of anilines is 1. The van der Waals surface area contributed by atoms with Gasteiger partial charge in [0.15, 0.2) is 11.5 Å². The number of imidazole rings is 1. The van der Waals surface area contributed by atoms with E-state index >= 15 is 0 Å². The number of aliphatic hydroxyl groups is 2. The maximum absolute atomic E-state index is 10.8. The van der Waals surface area contributed by atoms with Crippen molar-refractivity contribution in [3.05, 3.63) is 12.7 Å². The van der Waals surface area contributed by atoms with Gasteiger partial charge in [0.05, 0.1) is 12.7 Å². The minimum Gasteiger partial charge on any atom is -0.394 e. The zero-order valence-corrected chi connectivity index (χ0v) is 10.7. The molecule has 0 radical (unpaired) electrons. The molecule has 1 aliphatic rings. The van der Waals surface area contributed by atoms with Crippen LogP contribution in [-0.2, 0) is 15.4 Å². The first kappa shape index (κ1) is 13.6. The van der Waals surface area contributed by atoms with Crippen LogP contribution in [-0.4, -0.2) is 54.6 Å². The van der Waals surface area contributed by atoms with E-state index in [4.69, 9.17) is 10.5 Å². The topological polar surface area (TPSA) is 149 Å². The normalized spacial score (nSPS) is 28.7. The number of fused-ring (bicyclic) bond motifs is 1. The molecule has 3 atom stereocenters. The maximum atomic E-state index is 10.8. The van der Waals surface area contributed by atoms with E-state index in [9.17, 15) is 15.0 Å². The lowest BCUT2D eigenvalue weighted by molar-refractivity contribution is -0.139. The molecule has 10 heteroatoms. The van der Waals surface area contributed by atoms with E-state index in [1.54, 1.807) is 0 Å². The van der Waals surface area contributed by atoms with Crippen LogP contribution in [0, 0.1) is 0 Å². The van der Waals surface area contributed by atoms with Crippen LogP contribution in [0.15, 0.2) is 17.6 Å². The second kappa shape index (κ2) is 4.86. The number of nitrogens with zero attached hydrogens (tertiary/aromatic N) is 5. The number of aliphatic hydroxyl groups excluding tert-OH is 2. The molecule has 0 aromatic carbocycles. The van der Waals surface area contributed by atoms with Crippen LogP contribution < -0.4 is 5.73 Å². The number of hydrogen-bond donors (Lipinski definition) is 3. The zero-order valence-electron chi connectivity index (χ0n) is 10.7. The van der Waals surface area contributed by atoms with Crippen molar-refractivity contribution in [3.63, 3.8) is 0 Å². The molecule has 3 rings (SSSR count). The summed E-state index contributed by atoms with van der Waals surface area (Å²) in [5.74, 6) is -1.62. The third-order valence-corrected chi connectivity index (χ3v) is 3.38. The molecule has 10 nitrogen and oxygen atoms in total. The van der Waals surface area contributed by atoms with Gasteiger partial charge in [0.25, 0.3) is 5.85 Å². The summed E-state index contributed by atoms with van der Waals surface area (Å²) in [7, 11) is 0. The number of aromatic nitrogens is 4. The summed E-state index contributed by atoms with van der Waals surface area (Å²) >= 11 is 0. The third kappa shape index (κ3) is 1.89. The lowest BCUT2D eigenvalue weighted by atomic mass is 10.1. The van der Waals surface area contributed by atoms with E-state index < -0.39 is 18.1 Å². The fourth-order valence-electron chi connectivity index (χ4n) is 2.41. The highest BCUT2D eigenvalue weighted by atomic mass is 16.6. The molecule has 110 valence electrons. The number of rotatable bonds is 3. The van der Waals surface area contributed by atoms with Gasteiger partial charge in [0.2, 0.25) is 6.08 Å². The molecule has 0 unspecified atom stereocenters. The molecule has 0 aliphatic carbocycles. The van der Waals surface area contributed by atoms with Gasteiger partial charge in [-0.25, -0.2) is 19.7 Å². The number of aliphatic imine (C=N–C) groups is 1. The molecule has 0 saturated carbocycles. The van der Waals surface area contributed by atoms with Crippen LogP contribution in [0.5, 0.6) is 0 Å². The quantitative estimate of drug-likeness (QED) is 0.457. The van der Waals surface area contributed by atoms with Crippen molar-refractivity contribution in [1.29, 1.82) is 0 Å². The fraction of sp³-hybridized carbons (Fsp3) is 0.455. The Labute approximate surface area is 117 Å². The Morgan fingerprint density at radius 3 is 3.05 bits per heavy atom. The molecule has 21 heavy (non-hydrogen) atoms. The second-order valence-corrected chi connectivity index (χ2v) is 4.58. The number of carbonyl (C=O) groups excluding carboxylic acids is 1. The molecular formula is C11H12N6O4. The molecule has 1 aliphatic heterocycles. The molecule has 3 heterocycles. The number of hydrogen-bond acceptors (Lipinski definition) is 9. The van der Waals surface area contributed by atoms with Gasteiger partial charge in [-0.05, 0) is 0 Å². The summed E-state index contributed by atoms with van der Waals surface area (Å²) in [5, 5.41) is 19.4. The predicted octanol–water partition coefficient (Wildman–Crippen LogP) is -1.50. The van der Waals surface area contributed by atoms with Gasteiger partial charge < -0.3 is 20.7 Å². The lowest BCUT2D eigenvalue weighted by Crippen LogP contribution is -2.40. The Hall–Kier alpha value is -2.39. The standard InChI is InChI=1S/C11H12N6O4/c12-9-8-10(14-3-13-9)17(4-15-8)11(16-5-19)7(20)1-6(2-18)21-11/h3-4,6-7,18,20H,1-2H2,(H2,12,13,14)/t6-,7+,11-/m0/s1. The average molecular weight is 292 g/mol. The van der Waals surface area contributed by atoms with Crippen LogP contribution in [0.25, 0.3) is 11.2 Å². The van der Waals surface area contributed by atoms with E-state index in [0.29, 0.717) is 5.52 Å². The smallest absolute Gasteiger partial charge is 0.283 e. The molecular weight excluding hydrogens is 280 g/mol. The first-order valence-electron chi connectivity index (χ1n) is 6.12. The van der Waals surface area contributed by atoms with Gasteiger partial charge in [-0.1, -0.05) is 0 Å². The SMILES string of the molecule is Nc1ncnc2c1ncn2[C@]1(N=C=O)O[C@H](CO)C[C@H]1O. The Morgan fingerprint density at radius 1 is 1.57 bits per heavy atom. The van der Waals surface area contributed by atoms with Crippen LogP contribution in [0.1, 0.15) is 6.42 Å². The first-order valence-corrected chi connectivity index (χ1v) is 6.12. The van der Waals surface area contributed by atoms with E-state index in [-0.39, 0.29) is 24.5 Å². The number of isocyanates is 1. The summed E-state index contributed by atoms with van der Waals surface area (Å²) in [6, 6.07) is 0. The summed E-state index contributed by atoms with van der Waals surface area (Å²) in [5.41, 5.74) is 6.24. The molecule has 0 spiro atoms. The number of nitrogens with two attached hydrogens (primary N) is 1. The number of nitrogen functional groups attached to an aromatic ring is 1. The maximum Gasteiger partial charge on any atom is 0.283 e. The number of ether oxygens (including phenoxy) is 1. The molecule has 2 aromatic heterocycles. The highest BCUT2D eigenvalue weighted by molar-refractivity contribution is 5.81. The van der Waals surface area contributed by atoms with Crippen molar-refractivity contribution in [2.45, 2.75) is 24.5 Å².